The van der Waals surface area contributed by atoms with E-state index in [-0.39, 0.29) is 36.0 Å². The van der Waals surface area contributed by atoms with Crippen LogP contribution in [0.4, 0.5) is 51.6 Å². The van der Waals surface area contributed by atoms with Crippen LogP contribution < -0.4 is 46.6 Å². The van der Waals surface area contributed by atoms with E-state index in [0.29, 0.717) is 77.7 Å². The Morgan fingerprint density at radius 1 is 0.427 bits per heavy atom. The van der Waals surface area contributed by atoms with Gasteiger partial charge in [0.1, 0.15) is 29.1 Å². The summed E-state index contributed by atoms with van der Waals surface area (Å²) in [5, 5.41) is 48.6. The molecule has 9 aliphatic rings. The third kappa shape index (κ3) is 12.8. The Kier molecular flexibility index (Phi) is 17.5. The van der Waals surface area contributed by atoms with E-state index in [0.717, 1.165) is 218 Å². The lowest BCUT2D eigenvalue weighted by molar-refractivity contribution is 0.0958. The molecule has 9 aliphatic heterocycles. The van der Waals surface area contributed by atoms with E-state index < -0.39 is 0 Å². The maximum Gasteiger partial charge on any atom is 0.254 e. The van der Waals surface area contributed by atoms with E-state index in [1.54, 1.807) is 12.4 Å². The van der Waals surface area contributed by atoms with Crippen molar-refractivity contribution < 1.29 is 29.7 Å². The number of pyridine rings is 3. The number of carbonyl (C=O) groups is 3. The van der Waals surface area contributed by atoms with Gasteiger partial charge in [0, 0.05) is 113 Å². The van der Waals surface area contributed by atoms with Crippen LogP contribution in [0, 0.1) is 11.8 Å². The fourth-order valence-electron chi connectivity index (χ4n) is 16.9. The van der Waals surface area contributed by atoms with E-state index in [1.165, 1.54) is 0 Å². The van der Waals surface area contributed by atoms with Crippen molar-refractivity contribution in [1.29, 1.82) is 0 Å². The highest BCUT2D eigenvalue weighted by molar-refractivity contribution is 6.08. The summed E-state index contributed by atoms with van der Waals surface area (Å²) in [5.74, 6) is 5.45. The minimum Gasteiger partial charge on any atom is -0.393 e. The monoisotopic (exact) mass is 1380 g/mol. The maximum absolute atomic E-state index is 12.8. The second-order valence-electron chi connectivity index (χ2n) is 29.1. The summed E-state index contributed by atoms with van der Waals surface area (Å²) in [6.45, 7) is 11.3. The van der Waals surface area contributed by atoms with Gasteiger partial charge < -0.3 is 71.1 Å². The van der Waals surface area contributed by atoms with Gasteiger partial charge in [-0.25, -0.2) is 29.9 Å². The van der Waals surface area contributed by atoms with Crippen LogP contribution in [0.3, 0.4) is 0 Å². The molecule has 25 nitrogen and oxygen atoms in total. The lowest BCUT2D eigenvalue weighted by Gasteiger charge is -2.38. The number of aliphatic hydroxyl groups excluding tert-OH is 3. The Hall–Kier alpha value is -10.8. The van der Waals surface area contributed by atoms with Gasteiger partial charge in [0.15, 0.2) is 5.65 Å². The highest BCUT2D eigenvalue weighted by Gasteiger charge is 2.41. The van der Waals surface area contributed by atoms with Gasteiger partial charge in [-0.1, -0.05) is 32.0 Å². The molecular formula is C78H85N19O6. The number of nitrogens with one attached hydrogen (secondary N) is 6. The molecule has 0 spiro atoms. The molecule has 2 bridgehead atoms. The third-order valence-corrected chi connectivity index (χ3v) is 22.4. The summed E-state index contributed by atoms with van der Waals surface area (Å²) in [5.41, 5.74) is 17.4. The lowest BCUT2D eigenvalue weighted by atomic mass is 9.97. The van der Waals surface area contributed by atoms with E-state index >= 15 is 0 Å². The number of piperidine rings is 3. The van der Waals surface area contributed by atoms with E-state index in [9.17, 15) is 29.7 Å². The molecule has 1 unspecified atom stereocenters. The van der Waals surface area contributed by atoms with E-state index in [2.05, 4.69) is 123 Å². The zero-order valence-corrected chi connectivity index (χ0v) is 57.9. The van der Waals surface area contributed by atoms with Gasteiger partial charge in [0.05, 0.1) is 130 Å². The number of fused-ring (bicyclic) bond motifs is 8. The van der Waals surface area contributed by atoms with Gasteiger partial charge >= 0.3 is 0 Å². The second kappa shape index (κ2) is 27.5. The number of hydrogen-bond donors (Lipinski definition) is 9. The normalized spacial score (nSPS) is 21.1. The number of nitrogens with zero attached hydrogens (tertiary/aromatic N) is 13. The van der Waals surface area contributed by atoms with Gasteiger partial charge in [-0.05, 0) is 147 Å². The van der Waals surface area contributed by atoms with E-state index in [1.807, 2.05) is 102 Å². The quantitative estimate of drug-likeness (QED) is 0.0549. The van der Waals surface area contributed by atoms with Crippen molar-refractivity contribution in [2.45, 2.75) is 154 Å². The molecule has 103 heavy (non-hydrogen) atoms. The van der Waals surface area contributed by atoms with Crippen molar-refractivity contribution in [1.82, 2.24) is 64.4 Å². The third-order valence-electron chi connectivity index (χ3n) is 22.4. The number of benzene rings is 3. The molecule has 528 valence electrons. The van der Waals surface area contributed by atoms with Gasteiger partial charge in [-0.3, -0.25) is 23.8 Å². The first-order valence-electron chi connectivity index (χ1n) is 36.5. The number of aliphatic hydroxyl groups is 3. The average Bonchev–Trinajstić information content (AvgIpc) is 1.65. The average molecular weight is 1380 g/mol. The minimum atomic E-state index is -0.196. The molecule has 10 aromatic rings. The Labute approximate surface area is 596 Å². The molecule has 4 fully saturated rings. The van der Waals surface area contributed by atoms with Crippen LogP contribution in [0.5, 0.6) is 0 Å². The molecule has 4 saturated heterocycles. The topological polar surface area (TPSA) is 298 Å². The van der Waals surface area contributed by atoms with Gasteiger partial charge in [-0.2, -0.15) is 0 Å². The zero-order chi connectivity index (χ0) is 70.0. The fraction of sp³-hybridized carbons (Fsp3) is 0.385. The highest BCUT2D eigenvalue weighted by Crippen LogP contribution is 2.43. The number of anilines is 9. The molecule has 0 aliphatic carbocycles. The molecular weight excluding hydrogens is 1300 g/mol. The van der Waals surface area contributed by atoms with Crippen LogP contribution in [-0.2, 0) is 45.6 Å². The first kappa shape index (κ1) is 65.5. The predicted octanol–water partition coefficient (Wildman–Crippen LogP) is 10.2. The molecule has 7 aromatic heterocycles. The summed E-state index contributed by atoms with van der Waals surface area (Å²) >= 11 is 0. The molecule has 16 heterocycles. The minimum absolute atomic E-state index is 0.0603. The molecule has 5 atom stereocenters. The maximum atomic E-state index is 12.8. The Bertz CT molecular complexity index is 4660. The van der Waals surface area contributed by atoms with Crippen molar-refractivity contribution in [2.75, 3.05) is 56.8 Å². The summed E-state index contributed by atoms with van der Waals surface area (Å²) in [6, 6.07) is 24.9. The van der Waals surface area contributed by atoms with Crippen molar-refractivity contribution in [3.63, 3.8) is 0 Å². The van der Waals surface area contributed by atoms with Crippen LogP contribution in [0.1, 0.15) is 137 Å². The smallest absolute Gasteiger partial charge is 0.254 e. The molecule has 9 N–H and O–H groups in total. The number of aromatic nitrogens is 10. The van der Waals surface area contributed by atoms with Crippen molar-refractivity contribution in [3.8, 4) is 33.8 Å². The molecule has 0 saturated carbocycles. The van der Waals surface area contributed by atoms with Crippen LogP contribution in [0.2, 0.25) is 0 Å². The van der Waals surface area contributed by atoms with Crippen molar-refractivity contribution in [2.24, 2.45) is 11.8 Å². The van der Waals surface area contributed by atoms with Crippen molar-refractivity contribution >= 4 is 74.9 Å². The first-order valence-corrected chi connectivity index (χ1v) is 36.5. The molecule has 19 rings (SSSR count). The van der Waals surface area contributed by atoms with Crippen LogP contribution >= 0.6 is 0 Å². The number of hydrogen-bond acceptors (Lipinski definition) is 19. The summed E-state index contributed by atoms with van der Waals surface area (Å²) < 4.78 is 6.60. The van der Waals surface area contributed by atoms with E-state index in [4.69, 9.17) is 0 Å². The number of carbonyl (C=O) groups excluding carboxylic acids is 3. The Morgan fingerprint density at radius 3 is 1.27 bits per heavy atom. The predicted molar refractivity (Wildman–Crippen MR) is 394 cm³/mol. The van der Waals surface area contributed by atoms with Crippen LogP contribution in [0.25, 0.3) is 39.4 Å². The summed E-state index contributed by atoms with van der Waals surface area (Å²) in [7, 11) is 0. The Balaban J connectivity index is 0.000000115. The molecule has 25 heteroatoms. The number of rotatable bonds is 12. The SMILES string of the molecule is C[C@@H]1CCn2c(-c3ccc(Nc4ccc(N5CCC(O)CC5)cn4)c4c3CNC4=O)cnc2C1.C[C@H]1CCn2c(-c3ccc(Nc4ccc(N5CCC(O)CC5)cn4)c4c3CNC4=O)cnc2C1.O=C1NCc2c(-c3cnc4cnccn34)ccc(Nc3ccc(N4[C@@H]5CC[C@H]4CC(O)C5)cn3)c21. The first-order chi connectivity index (χ1) is 50.3. The molecule has 0 radical (unpaired) electrons. The van der Waals surface area contributed by atoms with Crippen LogP contribution in [0.15, 0.2) is 129 Å². The zero-order valence-electron chi connectivity index (χ0n) is 57.9. The molecule has 3 amide bonds. The second-order valence-corrected chi connectivity index (χ2v) is 29.1. The summed E-state index contributed by atoms with van der Waals surface area (Å²) in [4.78, 5) is 77.1. The largest absolute Gasteiger partial charge is 0.393 e. The van der Waals surface area contributed by atoms with Gasteiger partial charge in [0.2, 0.25) is 0 Å². The van der Waals surface area contributed by atoms with Crippen LogP contribution in [-0.4, -0.2) is 138 Å². The lowest BCUT2D eigenvalue weighted by Crippen LogP contribution is -2.44. The van der Waals surface area contributed by atoms with Gasteiger partial charge in [-0.15, -0.1) is 0 Å². The fourth-order valence-corrected chi connectivity index (χ4v) is 16.9. The molecule has 3 aromatic carbocycles. The number of amides is 3. The highest BCUT2D eigenvalue weighted by atomic mass is 16.3. The van der Waals surface area contributed by atoms with Crippen molar-refractivity contribution in [3.05, 3.63) is 174 Å². The standard InChI is InChI=1S/C26H25N7O2.2C26H30N6O2/c34-18-9-15-1-2-16(10-18)33(15)17-3-6-23(28-11-17)31-21-5-4-19(20-12-30-26(35)25(20)21)22-13-29-24-14-27-7-8-32(22)24;2*1-16-6-11-32-22(15-28-24(32)12-16)19-3-4-21(25-20(19)14-29-26(25)34)30-23-5-2-17(13-27-23)31-9-7-18(33)8-10-31/h3-8,11,13-16,18,34H,1-2,9-10,12H2,(H,28,31)(H,30,35);2*2-5,13,15-16,18,33H,6-12,14H2,1H3,(H,27,30)(H,29,34)/t15-,16+,18?;2*16-/m.10/s1. The van der Waals surface area contributed by atoms with Gasteiger partial charge in [0.25, 0.3) is 17.7 Å². The number of imidazole rings is 3. The Morgan fingerprint density at radius 2 is 0.845 bits per heavy atom. The summed E-state index contributed by atoms with van der Waals surface area (Å²) in [6.07, 6.45) is 27.4.